The molecule has 0 aliphatic carbocycles. The van der Waals surface area contributed by atoms with E-state index in [0.717, 1.165) is 4.47 Å². The topological polar surface area (TPSA) is 111 Å². The van der Waals surface area contributed by atoms with E-state index in [1.54, 1.807) is 36.4 Å². The van der Waals surface area contributed by atoms with Gasteiger partial charge < -0.3 is 20.7 Å². The highest BCUT2D eigenvalue weighted by atomic mass is 79.9. The zero-order valence-corrected chi connectivity index (χ0v) is 16.1. The summed E-state index contributed by atoms with van der Waals surface area (Å²) in [7, 11) is 0. The second-order valence-corrected chi connectivity index (χ2v) is 7.03. The van der Waals surface area contributed by atoms with Crippen LogP contribution in [0.2, 0.25) is 0 Å². The summed E-state index contributed by atoms with van der Waals surface area (Å²) in [5.41, 5.74) is -1.81. The number of hydrogen-bond acceptors (Lipinski definition) is 4. The number of benzene rings is 2. The quantitative estimate of drug-likeness (QED) is 0.418. The van der Waals surface area contributed by atoms with E-state index in [1.807, 2.05) is 0 Å². The van der Waals surface area contributed by atoms with Crippen LogP contribution in [0.15, 0.2) is 61.0 Å². The number of carbonyl (C=O) groups excluding carboxylic acids is 1. The van der Waals surface area contributed by atoms with Crippen molar-refractivity contribution in [2.75, 3.05) is 10.6 Å². The van der Waals surface area contributed by atoms with Crippen LogP contribution in [0.25, 0.3) is 10.9 Å². The minimum Gasteiger partial charge on any atom is -0.505 e. The number of anilines is 2. The van der Waals surface area contributed by atoms with E-state index in [-0.39, 0.29) is 10.9 Å². The van der Waals surface area contributed by atoms with Gasteiger partial charge in [0.25, 0.3) is 11.0 Å². The zero-order valence-electron chi connectivity index (χ0n) is 13.0. The second kappa shape index (κ2) is 7.30. The number of halogens is 2. The molecule has 0 atom stereocenters. The smallest absolute Gasteiger partial charge is 0.323 e. The predicted molar refractivity (Wildman–Crippen MR) is 107 cm³/mol. The Bertz CT molecular complexity index is 1140. The zero-order chi connectivity index (χ0) is 18.8. The van der Waals surface area contributed by atoms with Crippen LogP contribution in [0.4, 0.5) is 16.2 Å². The van der Waals surface area contributed by atoms with Crippen LogP contribution < -0.4 is 21.6 Å². The fourth-order valence-corrected chi connectivity index (χ4v) is 3.02. The summed E-state index contributed by atoms with van der Waals surface area (Å²) in [6.07, 6.45) is 0. The van der Waals surface area contributed by atoms with E-state index in [2.05, 4.69) is 47.5 Å². The normalized spacial score (nSPS) is 10.5. The number of urea groups is 1. The maximum Gasteiger partial charge on any atom is 0.323 e. The summed E-state index contributed by atoms with van der Waals surface area (Å²) < 4.78 is 1.35. The first kappa shape index (κ1) is 18.2. The van der Waals surface area contributed by atoms with Crippen LogP contribution in [0.5, 0.6) is 5.75 Å². The number of aromatic hydroxyl groups is 1. The van der Waals surface area contributed by atoms with Gasteiger partial charge in [0.05, 0.1) is 11.2 Å². The molecule has 26 heavy (non-hydrogen) atoms. The van der Waals surface area contributed by atoms with Gasteiger partial charge in [0.1, 0.15) is 5.69 Å². The van der Waals surface area contributed by atoms with Crippen molar-refractivity contribution in [2.24, 2.45) is 0 Å². The maximum absolute atomic E-state index is 12.3. The minimum absolute atomic E-state index is 0.227. The van der Waals surface area contributed by atoms with Crippen molar-refractivity contribution in [1.82, 2.24) is 4.98 Å². The van der Waals surface area contributed by atoms with Gasteiger partial charge in [-0.1, -0.05) is 28.1 Å². The number of para-hydroxylation sites is 1. The van der Waals surface area contributed by atoms with Gasteiger partial charge in [-0.05, 0) is 46.3 Å². The number of aromatic nitrogens is 1. The lowest BCUT2D eigenvalue weighted by molar-refractivity contribution is 0.262. The number of amides is 2. The highest BCUT2D eigenvalue weighted by Gasteiger charge is 2.15. The molecule has 0 aliphatic rings. The Balaban J connectivity index is 2.03. The number of aromatic amines is 1. The lowest BCUT2D eigenvalue weighted by atomic mass is 10.2. The monoisotopic (exact) mass is 479 g/mol. The van der Waals surface area contributed by atoms with Crippen LogP contribution >= 0.6 is 31.9 Å². The van der Waals surface area contributed by atoms with Gasteiger partial charge in [0.2, 0.25) is 0 Å². The molecular formula is C17H11Br2N3O4. The highest BCUT2D eigenvalue weighted by molar-refractivity contribution is 9.11. The molecule has 0 saturated carbocycles. The number of carbonyl (C=O) groups is 1. The van der Waals surface area contributed by atoms with Crippen molar-refractivity contribution in [3.05, 3.63) is 72.0 Å². The second-order valence-electron chi connectivity index (χ2n) is 5.26. The lowest BCUT2D eigenvalue weighted by Gasteiger charge is -2.09. The molecule has 0 saturated heterocycles. The lowest BCUT2D eigenvalue weighted by Crippen LogP contribution is -2.30. The molecule has 3 aromatic rings. The van der Waals surface area contributed by atoms with Gasteiger partial charge in [-0.15, -0.1) is 0 Å². The van der Waals surface area contributed by atoms with Gasteiger partial charge in [-0.2, -0.15) is 0 Å². The number of fused-ring (bicyclic) bond motifs is 1. The van der Waals surface area contributed by atoms with Crippen molar-refractivity contribution < 1.29 is 9.90 Å². The third-order valence-electron chi connectivity index (χ3n) is 3.52. The van der Waals surface area contributed by atoms with E-state index >= 15 is 0 Å². The Morgan fingerprint density at radius 2 is 1.77 bits per heavy atom. The van der Waals surface area contributed by atoms with Crippen molar-refractivity contribution in [2.45, 2.75) is 0 Å². The highest BCUT2D eigenvalue weighted by Crippen LogP contribution is 2.28. The molecular weight excluding hydrogens is 470 g/mol. The molecule has 9 heteroatoms. The van der Waals surface area contributed by atoms with Gasteiger partial charge in [-0.25, -0.2) is 4.79 Å². The van der Waals surface area contributed by atoms with Crippen molar-refractivity contribution >= 4 is 60.2 Å². The summed E-state index contributed by atoms with van der Waals surface area (Å²) >= 11 is 6.59. The first-order valence-corrected chi connectivity index (χ1v) is 8.87. The molecule has 2 aromatic carbocycles. The van der Waals surface area contributed by atoms with Crippen LogP contribution in [-0.2, 0) is 0 Å². The number of hydrogen-bond donors (Lipinski definition) is 4. The molecule has 3 rings (SSSR count). The third kappa shape index (κ3) is 3.63. The summed E-state index contributed by atoms with van der Waals surface area (Å²) in [5.74, 6) is -0.493. The Morgan fingerprint density at radius 3 is 2.54 bits per heavy atom. The first-order chi connectivity index (χ1) is 12.4. The van der Waals surface area contributed by atoms with Gasteiger partial charge >= 0.3 is 6.03 Å². The summed E-state index contributed by atoms with van der Waals surface area (Å²) in [6, 6.07) is 10.7. The molecule has 1 heterocycles. The van der Waals surface area contributed by atoms with Gasteiger partial charge in [0, 0.05) is 14.3 Å². The largest absolute Gasteiger partial charge is 0.505 e. The molecule has 7 nitrogen and oxygen atoms in total. The molecule has 0 spiro atoms. The van der Waals surface area contributed by atoms with E-state index in [0.29, 0.717) is 10.2 Å². The fraction of sp³-hybridized carbons (Fsp3) is 0. The van der Waals surface area contributed by atoms with Gasteiger partial charge in [0.15, 0.2) is 5.75 Å². The molecule has 132 valence electrons. The van der Waals surface area contributed by atoms with Crippen molar-refractivity contribution in [3.63, 3.8) is 0 Å². The Labute approximate surface area is 163 Å². The van der Waals surface area contributed by atoms with E-state index < -0.39 is 28.5 Å². The van der Waals surface area contributed by atoms with E-state index in [9.17, 15) is 19.5 Å². The molecule has 2 amide bonds. The molecule has 1 aromatic heterocycles. The first-order valence-electron chi connectivity index (χ1n) is 7.28. The number of H-pyrrole nitrogens is 1. The molecule has 0 aliphatic heterocycles. The summed E-state index contributed by atoms with van der Waals surface area (Å²) in [6.45, 7) is 0. The maximum atomic E-state index is 12.3. The average molecular weight is 481 g/mol. The van der Waals surface area contributed by atoms with Crippen molar-refractivity contribution in [1.29, 1.82) is 0 Å². The standard InChI is InChI=1S/C17H11Br2N3O4/c18-8-5-6-10(19)12(7-8)21-17(26)22-13-14(23)9-3-1-2-4-11(9)20-16(25)15(13)24/h1-7H,(H4,20,21,22,23,24,25,26). The van der Waals surface area contributed by atoms with E-state index in [1.165, 1.54) is 6.07 Å². The average Bonchev–Trinajstić information content (AvgIpc) is 2.69. The summed E-state index contributed by atoms with van der Waals surface area (Å²) in [5, 5.41) is 15.4. The molecule has 0 radical (unpaired) electrons. The Morgan fingerprint density at radius 1 is 1.04 bits per heavy atom. The molecule has 0 bridgehead atoms. The van der Waals surface area contributed by atoms with Crippen molar-refractivity contribution in [3.8, 4) is 5.75 Å². The predicted octanol–water partition coefficient (Wildman–Crippen LogP) is 3.76. The van der Waals surface area contributed by atoms with Gasteiger partial charge in [-0.3, -0.25) is 9.59 Å². The molecule has 4 N–H and O–H groups in total. The number of rotatable bonds is 2. The van der Waals surface area contributed by atoms with Crippen LogP contribution in [-0.4, -0.2) is 16.1 Å². The minimum atomic E-state index is -1.05. The molecule has 0 fully saturated rings. The third-order valence-corrected chi connectivity index (χ3v) is 4.70. The summed E-state index contributed by atoms with van der Waals surface area (Å²) in [4.78, 5) is 38.9. The van der Waals surface area contributed by atoms with Crippen LogP contribution in [0.3, 0.4) is 0 Å². The Hall–Kier alpha value is -2.65. The van der Waals surface area contributed by atoms with E-state index in [4.69, 9.17) is 0 Å². The SMILES string of the molecule is O=C(Nc1cc(Br)ccc1Br)Nc1c(O)c2ccccc2[nH]c(=O)c1=O. The van der Waals surface area contributed by atoms with Crippen LogP contribution in [0, 0.1) is 0 Å². The molecule has 0 unspecified atom stereocenters. The Kier molecular flexibility index (Phi) is 5.10. The number of nitrogens with one attached hydrogen (secondary N) is 3. The fourth-order valence-electron chi connectivity index (χ4n) is 2.31. The van der Waals surface area contributed by atoms with Crippen LogP contribution in [0.1, 0.15) is 0 Å².